The van der Waals surface area contributed by atoms with E-state index >= 15 is 0 Å². The average Bonchev–Trinajstić information content (AvgIpc) is 2.34. The number of hydrogen-bond donors (Lipinski definition) is 1. The van der Waals surface area contributed by atoms with E-state index in [4.69, 9.17) is 0 Å². The van der Waals surface area contributed by atoms with E-state index in [1.165, 1.54) is 23.1 Å². The molecule has 0 heterocycles. The summed E-state index contributed by atoms with van der Waals surface area (Å²) in [6.45, 7) is 2.38. The molecule has 0 saturated heterocycles. The molecule has 0 atom stereocenters. The Morgan fingerprint density at radius 1 is 1.44 bits per heavy atom. The van der Waals surface area contributed by atoms with Crippen LogP contribution < -0.4 is 5.32 Å². The van der Waals surface area contributed by atoms with Crippen molar-refractivity contribution in [1.82, 2.24) is 10.2 Å². The third-order valence-electron chi connectivity index (χ3n) is 2.48. The van der Waals surface area contributed by atoms with E-state index in [0.717, 1.165) is 0 Å². The van der Waals surface area contributed by atoms with Gasteiger partial charge < -0.3 is 10.2 Å². The summed E-state index contributed by atoms with van der Waals surface area (Å²) in [5.74, 6) is -0.932. The first-order valence-electron chi connectivity index (χ1n) is 5.43. The molecule has 1 N–H and O–H groups in total. The summed E-state index contributed by atoms with van der Waals surface area (Å²) in [5, 5.41) is 2.52. The first-order valence-corrected chi connectivity index (χ1v) is 6.50. The molecule has 0 radical (unpaired) electrons. The Labute approximate surface area is 119 Å². The summed E-state index contributed by atoms with van der Waals surface area (Å²) in [4.78, 5) is 24.8. The molecule has 0 bridgehead atoms. The predicted octanol–water partition coefficient (Wildman–Crippen LogP) is 1.64. The van der Waals surface area contributed by atoms with Crippen molar-refractivity contribution in [3.63, 3.8) is 0 Å². The molecule has 0 spiro atoms. The molecule has 6 heteroatoms. The number of carbonyl (C=O) groups excluding carboxylic acids is 2. The van der Waals surface area contributed by atoms with Crippen LogP contribution in [-0.2, 0) is 4.79 Å². The van der Waals surface area contributed by atoms with Crippen molar-refractivity contribution in [2.24, 2.45) is 0 Å². The lowest BCUT2D eigenvalue weighted by molar-refractivity contribution is -0.128. The van der Waals surface area contributed by atoms with Crippen molar-refractivity contribution in [1.29, 1.82) is 0 Å². The number of hydrogen-bond acceptors (Lipinski definition) is 2. The molecular formula is C12H14FIN2O2. The van der Waals surface area contributed by atoms with Crippen LogP contribution >= 0.6 is 22.6 Å². The molecule has 98 valence electrons. The normalized spacial score (nSPS) is 10.0. The van der Waals surface area contributed by atoms with Gasteiger partial charge in [-0.3, -0.25) is 9.59 Å². The lowest BCUT2D eigenvalue weighted by atomic mass is 10.2. The Hall–Kier alpha value is -1.18. The molecule has 0 aliphatic carbocycles. The molecule has 0 unspecified atom stereocenters. The summed E-state index contributed by atoms with van der Waals surface area (Å²) in [6, 6.07) is 3.90. The molecule has 1 aromatic rings. The SMILES string of the molecule is CCN(C)C(=O)CNC(=O)c1ccc(F)cc1I. The third kappa shape index (κ3) is 3.94. The topological polar surface area (TPSA) is 49.4 Å². The molecule has 18 heavy (non-hydrogen) atoms. The quantitative estimate of drug-likeness (QED) is 0.826. The molecule has 0 fully saturated rings. The fourth-order valence-corrected chi connectivity index (χ4v) is 1.96. The number of nitrogens with zero attached hydrogens (tertiary/aromatic N) is 1. The second-order valence-corrected chi connectivity index (χ2v) is 4.88. The number of likely N-dealkylation sites (N-methyl/N-ethyl adjacent to an activating group) is 1. The highest BCUT2D eigenvalue weighted by molar-refractivity contribution is 14.1. The Morgan fingerprint density at radius 2 is 2.11 bits per heavy atom. The number of rotatable bonds is 4. The first kappa shape index (κ1) is 14.9. The zero-order valence-corrected chi connectivity index (χ0v) is 12.3. The van der Waals surface area contributed by atoms with Gasteiger partial charge in [0.2, 0.25) is 5.91 Å². The maximum absolute atomic E-state index is 12.9. The average molecular weight is 364 g/mol. The summed E-state index contributed by atoms with van der Waals surface area (Å²) in [5.41, 5.74) is 0.365. The maximum atomic E-state index is 12.9. The molecular weight excluding hydrogens is 350 g/mol. The highest BCUT2D eigenvalue weighted by Gasteiger charge is 2.13. The zero-order valence-electron chi connectivity index (χ0n) is 10.2. The first-order chi connectivity index (χ1) is 8.45. The van der Waals surface area contributed by atoms with Crippen LogP contribution in [0.2, 0.25) is 0 Å². The lowest BCUT2D eigenvalue weighted by Gasteiger charge is -2.14. The van der Waals surface area contributed by atoms with Gasteiger partial charge in [-0.2, -0.15) is 0 Å². The van der Waals surface area contributed by atoms with Crippen LogP contribution in [0.15, 0.2) is 18.2 Å². The molecule has 1 rings (SSSR count). The minimum Gasteiger partial charge on any atom is -0.345 e. The molecule has 0 aliphatic rings. The van der Waals surface area contributed by atoms with E-state index in [1.807, 2.05) is 29.5 Å². The molecule has 0 saturated carbocycles. The lowest BCUT2D eigenvalue weighted by Crippen LogP contribution is -2.38. The Balaban J connectivity index is 2.63. The predicted molar refractivity (Wildman–Crippen MR) is 74.8 cm³/mol. The fourth-order valence-electron chi connectivity index (χ4n) is 1.24. The van der Waals surface area contributed by atoms with Gasteiger partial charge in [0.15, 0.2) is 0 Å². The smallest absolute Gasteiger partial charge is 0.252 e. The molecule has 0 aromatic heterocycles. The van der Waals surface area contributed by atoms with E-state index in [1.54, 1.807) is 7.05 Å². The number of halogens is 2. The van der Waals surface area contributed by atoms with Gasteiger partial charge in [-0.05, 0) is 47.7 Å². The second-order valence-electron chi connectivity index (χ2n) is 3.71. The molecule has 1 aromatic carbocycles. The summed E-state index contributed by atoms with van der Waals surface area (Å²) >= 11 is 1.88. The minimum atomic E-state index is -0.391. The van der Waals surface area contributed by atoms with Gasteiger partial charge in [-0.1, -0.05) is 0 Å². The standard InChI is InChI=1S/C12H14FIN2O2/c1-3-16(2)11(17)7-15-12(18)9-5-4-8(13)6-10(9)14/h4-6H,3,7H2,1-2H3,(H,15,18). The van der Waals surface area contributed by atoms with Crippen LogP contribution in [-0.4, -0.2) is 36.9 Å². The van der Waals surface area contributed by atoms with Crippen LogP contribution in [0.4, 0.5) is 4.39 Å². The zero-order chi connectivity index (χ0) is 13.7. The van der Waals surface area contributed by atoms with Crippen LogP contribution in [0.5, 0.6) is 0 Å². The highest BCUT2D eigenvalue weighted by Crippen LogP contribution is 2.13. The third-order valence-corrected chi connectivity index (χ3v) is 3.37. The number of carbonyl (C=O) groups is 2. The number of amides is 2. The molecule has 4 nitrogen and oxygen atoms in total. The number of nitrogens with one attached hydrogen (secondary N) is 1. The van der Waals surface area contributed by atoms with Crippen molar-refractivity contribution in [3.8, 4) is 0 Å². The minimum absolute atomic E-state index is 0.0589. The summed E-state index contributed by atoms with van der Waals surface area (Å²) in [6.07, 6.45) is 0. The van der Waals surface area contributed by atoms with Crippen molar-refractivity contribution >= 4 is 34.4 Å². The van der Waals surface area contributed by atoms with Gasteiger partial charge in [-0.15, -0.1) is 0 Å². The van der Waals surface area contributed by atoms with Gasteiger partial charge in [0, 0.05) is 17.2 Å². The maximum Gasteiger partial charge on any atom is 0.252 e. The fraction of sp³-hybridized carbons (Fsp3) is 0.333. The van der Waals surface area contributed by atoms with Crippen LogP contribution in [0.1, 0.15) is 17.3 Å². The van der Waals surface area contributed by atoms with Crippen LogP contribution in [0, 0.1) is 9.39 Å². The van der Waals surface area contributed by atoms with E-state index in [-0.39, 0.29) is 18.4 Å². The number of benzene rings is 1. The van der Waals surface area contributed by atoms with Gasteiger partial charge in [0.25, 0.3) is 5.91 Å². The van der Waals surface area contributed by atoms with E-state index < -0.39 is 5.82 Å². The Kier molecular flexibility index (Phi) is 5.52. The highest BCUT2D eigenvalue weighted by atomic mass is 127. The van der Waals surface area contributed by atoms with Crippen molar-refractivity contribution in [2.75, 3.05) is 20.1 Å². The van der Waals surface area contributed by atoms with E-state index in [0.29, 0.717) is 15.7 Å². The van der Waals surface area contributed by atoms with Gasteiger partial charge in [-0.25, -0.2) is 4.39 Å². The van der Waals surface area contributed by atoms with E-state index in [2.05, 4.69) is 5.32 Å². The van der Waals surface area contributed by atoms with Gasteiger partial charge in [0.05, 0.1) is 12.1 Å². The van der Waals surface area contributed by atoms with Crippen LogP contribution in [0.25, 0.3) is 0 Å². The van der Waals surface area contributed by atoms with Crippen molar-refractivity contribution in [3.05, 3.63) is 33.1 Å². The van der Waals surface area contributed by atoms with Crippen molar-refractivity contribution < 1.29 is 14.0 Å². The molecule has 0 aliphatic heterocycles. The van der Waals surface area contributed by atoms with E-state index in [9.17, 15) is 14.0 Å². The monoisotopic (exact) mass is 364 g/mol. The van der Waals surface area contributed by atoms with Gasteiger partial charge >= 0.3 is 0 Å². The van der Waals surface area contributed by atoms with Gasteiger partial charge in [0.1, 0.15) is 5.82 Å². The Bertz CT molecular complexity index is 465. The largest absolute Gasteiger partial charge is 0.345 e. The second kappa shape index (κ2) is 6.67. The molecule has 2 amide bonds. The van der Waals surface area contributed by atoms with Crippen molar-refractivity contribution in [2.45, 2.75) is 6.92 Å². The summed E-state index contributed by atoms with van der Waals surface area (Å²) < 4.78 is 13.4. The summed E-state index contributed by atoms with van der Waals surface area (Å²) in [7, 11) is 1.66. The Morgan fingerprint density at radius 3 is 2.67 bits per heavy atom. The van der Waals surface area contributed by atoms with Crippen LogP contribution in [0.3, 0.4) is 0 Å².